The molecule has 0 spiro atoms. The maximum Gasteiger partial charge on any atom is 0.175 e. The first-order valence-electron chi connectivity index (χ1n) is 6.66. The number of halogens is 2. The summed E-state index contributed by atoms with van der Waals surface area (Å²) in [6.07, 6.45) is 0.509. The molecule has 0 saturated heterocycles. The number of hydrogen-bond donors (Lipinski definition) is 1. The third kappa shape index (κ3) is 2.05. The summed E-state index contributed by atoms with van der Waals surface area (Å²) in [6, 6.07) is 9.45. The minimum absolute atomic E-state index is 0.0388. The van der Waals surface area contributed by atoms with Crippen LogP contribution in [-0.2, 0) is 11.8 Å². The lowest BCUT2D eigenvalue weighted by molar-refractivity contribution is 0.0915. The number of hydrogen-bond acceptors (Lipinski definition) is 2. The van der Waals surface area contributed by atoms with Gasteiger partial charge >= 0.3 is 0 Å². The Morgan fingerprint density at radius 2 is 1.76 bits per heavy atom. The summed E-state index contributed by atoms with van der Waals surface area (Å²) in [4.78, 5) is 12.9. The van der Waals surface area contributed by atoms with Crippen molar-refractivity contribution in [3.63, 3.8) is 0 Å². The zero-order valence-electron chi connectivity index (χ0n) is 11.7. The second-order valence-electron chi connectivity index (χ2n) is 5.76. The summed E-state index contributed by atoms with van der Waals surface area (Å²) in [5, 5.41) is 9.98. The van der Waals surface area contributed by atoms with Gasteiger partial charge in [0, 0.05) is 5.56 Å². The van der Waals surface area contributed by atoms with Crippen molar-refractivity contribution in [1.29, 1.82) is 0 Å². The van der Waals surface area contributed by atoms with Crippen molar-refractivity contribution in [1.82, 2.24) is 0 Å². The molecule has 2 nitrogen and oxygen atoms in total. The number of carbonyl (C=O) groups excluding carboxylic acids is 1. The molecule has 21 heavy (non-hydrogen) atoms. The van der Waals surface area contributed by atoms with Crippen LogP contribution in [0.4, 0.5) is 0 Å². The van der Waals surface area contributed by atoms with E-state index in [2.05, 4.69) is 0 Å². The largest absolute Gasteiger partial charge is 0.506 e. The van der Waals surface area contributed by atoms with Gasteiger partial charge < -0.3 is 5.11 Å². The van der Waals surface area contributed by atoms with Crippen LogP contribution in [0.15, 0.2) is 30.3 Å². The maximum atomic E-state index is 12.9. The van der Waals surface area contributed by atoms with Crippen LogP contribution in [0, 0.1) is 6.92 Å². The van der Waals surface area contributed by atoms with Gasteiger partial charge in [-0.15, -0.1) is 0 Å². The van der Waals surface area contributed by atoms with E-state index in [0.29, 0.717) is 12.0 Å². The van der Waals surface area contributed by atoms with Crippen molar-refractivity contribution in [3.05, 3.63) is 62.6 Å². The average molecular weight is 321 g/mol. The minimum atomic E-state index is -0.670. The van der Waals surface area contributed by atoms with Crippen molar-refractivity contribution in [3.8, 4) is 5.75 Å². The number of fused-ring (bicyclic) bond motifs is 1. The van der Waals surface area contributed by atoms with Gasteiger partial charge in [0.2, 0.25) is 0 Å². The van der Waals surface area contributed by atoms with Gasteiger partial charge in [0.15, 0.2) is 5.78 Å². The molecule has 4 heteroatoms. The Hall–Kier alpha value is -1.51. The third-order valence-electron chi connectivity index (χ3n) is 4.23. The van der Waals surface area contributed by atoms with Crippen LogP contribution in [0.1, 0.15) is 34.0 Å². The summed E-state index contributed by atoms with van der Waals surface area (Å²) < 4.78 is 0. The molecule has 0 radical (unpaired) electrons. The highest BCUT2D eigenvalue weighted by atomic mass is 35.5. The van der Waals surface area contributed by atoms with Crippen molar-refractivity contribution >= 4 is 29.0 Å². The average Bonchev–Trinajstić information content (AvgIpc) is 2.70. The number of aromatic hydroxyl groups is 1. The molecule has 1 atom stereocenters. The van der Waals surface area contributed by atoms with Gasteiger partial charge in [-0.25, -0.2) is 0 Å². The number of rotatable bonds is 1. The first-order valence-corrected chi connectivity index (χ1v) is 7.42. The quantitative estimate of drug-likeness (QED) is 0.826. The number of ketones is 1. The maximum absolute atomic E-state index is 12.9. The summed E-state index contributed by atoms with van der Waals surface area (Å²) in [5.74, 6) is -0.130. The number of aryl methyl sites for hydroxylation is 1. The van der Waals surface area contributed by atoms with Gasteiger partial charge in [-0.05, 0) is 37.5 Å². The number of Topliss-reactive ketones (excluding diaryl/α,β-unsaturated/α-hetero) is 1. The van der Waals surface area contributed by atoms with E-state index >= 15 is 0 Å². The van der Waals surface area contributed by atoms with Gasteiger partial charge in [0.25, 0.3) is 0 Å². The van der Waals surface area contributed by atoms with Crippen molar-refractivity contribution < 1.29 is 9.90 Å². The Morgan fingerprint density at radius 3 is 2.38 bits per heavy atom. The Bertz CT molecular complexity index is 750. The molecule has 0 aromatic heterocycles. The minimum Gasteiger partial charge on any atom is -0.506 e. The van der Waals surface area contributed by atoms with Gasteiger partial charge in [0.05, 0.1) is 10.4 Å². The lowest BCUT2D eigenvalue weighted by atomic mass is 9.79. The topological polar surface area (TPSA) is 37.3 Å². The monoisotopic (exact) mass is 320 g/mol. The molecule has 2 aromatic carbocycles. The van der Waals surface area contributed by atoms with E-state index in [1.165, 1.54) is 0 Å². The Balaban J connectivity index is 2.16. The van der Waals surface area contributed by atoms with E-state index in [4.69, 9.17) is 23.2 Å². The van der Waals surface area contributed by atoms with E-state index < -0.39 is 5.41 Å². The van der Waals surface area contributed by atoms with Crippen LogP contribution in [0.2, 0.25) is 10.0 Å². The molecular weight excluding hydrogens is 307 g/mol. The fourth-order valence-electron chi connectivity index (χ4n) is 2.94. The molecule has 0 saturated carbocycles. The molecule has 1 N–H and O–H groups in total. The van der Waals surface area contributed by atoms with E-state index in [1.54, 1.807) is 6.07 Å². The molecule has 1 unspecified atom stereocenters. The molecule has 0 heterocycles. The molecule has 3 rings (SSSR count). The zero-order valence-corrected chi connectivity index (χ0v) is 13.2. The lowest BCUT2D eigenvalue weighted by Crippen LogP contribution is -2.29. The smallest absolute Gasteiger partial charge is 0.175 e. The Kier molecular flexibility index (Phi) is 3.27. The zero-order chi connectivity index (χ0) is 15.4. The molecule has 108 valence electrons. The predicted molar refractivity (Wildman–Crippen MR) is 84.7 cm³/mol. The van der Waals surface area contributed by atoms with Gasteiger partial charge in [-0.1, -0.05) is 53.0 Å². The van der Waals surface area contributed by atoms with E-state index in [0.717, 1.165) is 16.7 Å². The van der Waals surface area contributed by atoms with E-state index in [-0.39, 0.29) is 21.6 Å². The summed E-state index contributed by atoms with van der Waals surface area (Å²) in [5.41, 5.74) is 2.60. The fourth-order valence-corrected chi connectivity index (χ4v) is 3.39. The molecule has 0 aliphatic heterocycles. The highest BCUT2D eigenvalue weighted by Crippen LogP contribution is 2.46. The summed E-state index contributed by atoms with van der Waals surface area (Å²) in [6.45, 7) is 3.91. The first kappa shape index (κ1) is 14.4. The molecule has 0 fully saturated rings. The number of phenols is 1. The second-order valence-corrected chi connectivity index (χ2v) is 6.52. The first-order chi connectivity index (χ1) is 9.84. The molecular formula is C17H14Cl2O2. The summed E-state index contributed by atoms with van der Waals surface area (Å²) in [7, 11) is 0. The van der Waals surface area contributed by atoms with Crippen molar-refractivity contribution in [2.75, 3.05) is 0 Å². The molecule has 0 amide bonds. The second kappa shape index (κ2) is 4.75. The summed E-state index contributed by atoms with van der Waals surface area (Å²) >= 11 is 12.1. The standard InChI is InChI=1S/C17H14Cl2O2/c1-9-3-5-11(6-4-9)17(2)8-10-7-12(20)14(18)15(19)13(10)16(17)21/h3-7,20H,8H2,1-2H3. The predicted octanol–water partition coefficient (Wildman–Crippen LogP) is 4.70. The van der Waals surface area contributed by atoms with Gasteiger partial charge in [0.1, 0.15) is 10.8 Å². The van der Waals surface area contributed by atoms with Crippen LogP contribution in [0.5, 0.6) is 5.75 Å². The Labute approximate surface area is 133 Å². The van der Waals surface area contributed by atoms with Crippen molar-refractivity contribution in [2.24, 2.45) is 0 Å². The normalized spacial score (nSPS) is 20.7. The van der Waals surface area contributed by atoms with Crippen LogP contribution in [-0.4, -0.2) is 10.9 Å². The molecule has 1 aliphatic carbocycles. The van der Waals surface area contributed by atoms with Crippen LogP contribution in [0.25, 0.3) is 0 Å². The fraction of sp³-hybridized carbons (Fsp3) is 0.235. The molecule has 2 aromatic rings. The highest BCUT2D eigenvalue weighted by Gasteiger charge is 2.44. The number of phenolic OH excluding ortho intramolecular Hbond substituents is 1. The van der Waals surface area contributed by atoms with E-state index in [1.807, 2.05) is 38.1 Å². The van der Waals surface area contributed by atoms with Gasteiger partial charge in [-0.2, -0.15) is 0 Å². The number of benzene rings is 2. The third-order valence-corrected chi connectivity index (χ3v) is 5.09. The van der Waals surface area contributed by atoms with Crippen LogP contribution in [0.3, 0.4) is 0 Å². The van der Waals surface area contributed by atoms with Crippen molar-refractivity contribution in [2.45, 2.75) is 25.7 Å². The molecule has 1 aliphatic rings. The molecule has 0 bridgehead atoms. The highest BCUT2D eigenvalue weighted by molar-refractivity contribution is 6.45. The SMILES string of the molecule is Cc1ccc(C2(C)Cc3cc(O)c(Cl)c(Cl)c3C2=O)cc1. The van der Waals surface area contributed by atoms with Gasteiger partial charge in [-0.3, -0.25) is 4.79 Å². The number of carbonyl (C=O) groups is 1. The van der Waals surface area contributed by atoms with Crippen LogP contribution >= 0.6 is 23.2 Å². The van der Waals surface area contributed by atoms with Crippen LogP contribution < -0.4 is 0 Å². The Morgan fingerprint density at radius 1 is 1.14 bits per heavy atom. The van der Waals surface area contributed by atoms with E-state index in [9.17, 15) is 9.90 Å². The lowest BCUT2D eigenvalue weighted by Gasteiger charge is -2.22.